The van der Waals surface area contributed by atoms with E-state index in [0.717, 1.165) is 11.3 Å². The third-order valence-corrected chi connectivity index (χ3v) is 2.71. The Bertz CT molecular complexity index is 526. The van der Waals surface area contributed by atoms with Crippen LogP contribution >= 0.6 is 11.6 Å². The third-order valence-electron chi connectivity index (χ3n) is 2.47. The molecule has 2 rings (SSSR count). The molecule has 0 aliphatic heterocycles. The number of hydrogen-bond acceptors (Lipinski definition) is 4. The van der Waals surface area contributed by atoms with Crippen LogP contribution in [0.15, 0.2) is 34.9 Å². The summed E-state index contributed by atoms with van der Waals surface area (Å²) < 4.78 is 10.7. The predicted molar refractivity (Wildman–Crippen MR) is 74.3 cm³/mol. The van der Waals surface area contributed by atoms with Gasteiger partial charge < -0.3 is 14.5 Å². The summed E-state index contributed by atoms with van der Waals surface area (Å²) in [7, 11) is 0. The summed E-state index contributed by atoms with van der Waals surface area (Å²) in [4.78, 5) is 4.24. The maximum atomic E-state index is 5.90. The highest BCUT2D eigenvalue weighted by Crippen LogP contribution is 2.15. The van der Waals surface area contributed by atoms with E-state index in [-0.39, 0.29) is 6.08 Å². The van der Waals surface area contributed by atoms with E-state index >= 15 is 0 Å². The van der Waals surface area contributed by atoms with E-state index < -0.39 is 0 Å². The van der Waals surface area contributed by atoms with Gasteiger partial charge in [-0.25, -0.2) is 0 Å². The Hall–Kier alpha value is -1.52. The SMILES string of the molecule is CC(C)NCc1coc(OCc2cccc(Cl)c2)n1. The van der Waals surface area contributed by atoms with E-state index in [0.29, 0.717) is 24.2 Å². The molecule has 1 aromatic carbocycles. The van der Waals surface area contributed by atoms with Crippen LogP contribution in [0.4, 0.5) is 0 Å². The Labute approximate surface area is 117 Å². The molecular formula is C14H17ClN2O2. The van der Waals surface area contributed by atoms with E-state index in [9.17, 15) is 0 Å². The van der Waals surface area contributed by atoms with Crippen molar-refractivity contribution >= 4 is 11.6 Å². The van der Waals surface area contributed by atoms with Gasteiger partial charge in [-0.3, -0.25) is 0 Å². The monoisotopic (exact) mass is 280 g/mol. The number of benzene rings is 1. The van der Waals surface area contributed by atoms with Crippen molar-refractivity contribution in [1.82, 2.24) is 10.3 Å². The lowest BCUT2D eigenvalue weighted by Crippen LogP contribution is -2.21. The minimum absolute atomic E-state index is 0.278. The molecule has 4 nitrogen and oxygen atoms in total. The molecule has 0 amide bonds. The summed E-state index contributed by atoms with van der Waals surface area (Å²) in [6.07, 6.45) is 1.88. The molecule has 0 fully saturated rings. The highest BCUT2D eigenvalue weighted by Gasteiger charge is 2.06. The molecule has 5 heteroatoms. The van der Waals surface area contributed by atoms with Crippen LogP contribution in [-0.2, 0) is 13.2 Å². The second-order valence-electron chi connectivity index (χ2n) is 4.56. The molecular weight excluding hydrogens is 264 g/mol. The maximum absolute atomic E-state index is 5.90. The number of ether oxygens (including phenoxy) is 1. The van der Waals surface area contributed by atoms with Crippen LogP contribution in [0.1, 0.15) is 25.1 Å². The zero-order chi connectivity index (χ0) is 13.7. The molecule has 1 aromatic heterocycles. The van der Waals surface area contributed by atoms with E-state index in [1.165, 1.54) is 0 Å². The highest BCUT2D eigenvalue weighted by atomic mass is 35.5. The van der Waals surface area contributed by atoms with Gasteiger partial charge in [0.25, 0.3) is 0 Å². The summed E-state index contributed by atoms with van der Waals surface area (Å²) in [6.45, 7) is 5.22. The van der Waals surface area contributed by atoms with Gasteiger partial charge in [0.15, 0.2) is 0 Å². The summed E-state index contributed by atoms with van der Waals surface area (Å²) >= 11 is 5.90. The van der Waals surface area contributed by atoms with Gasteiger partial charge in [-0.2, -0.15) is 4.98 Å². The van der Waals surface area contributed by atoms with Gasteiger partial charge in [-0.05, 0) is 17.7 Å². The molecule has 0 aliphatic carbocycles. The fraction of sp³-hybridized carbons (Fsp3) is 0.357. The molecule has 0 bridgehead atoms. The largest absolute Gasteiger partial charge is 0.445 e. The molecule has 0 saturated heterocycles. The quantitative estimate of drug-likeness (QED) is 0.881. The lowest BCUT2D eigenvalue weighted by atomic mass is 10.2. The predicted octanol–water partition coefficient (Wildman–Crippen LogP) is 3.41. The van der Waals surface area contributed by atoms with Crippen molar-refractivity contribution in [2.75, 3.05) is 0 Å². The first-order chi connectivity index (χ1) is 9.13. The van der Waals surface area contributed by atoms with Gasteiger partial charge in [0.05, 0.1) is 5.69 Å². The molecule has 19 heavy (non-hydrogen) atoms. The van der Waals surface area contributed by atoms with E-state index in [1.807, 2.05) is 24.3 Å². The van der Waals surface area contributed by atoms with Gasteiger partial charge in [0, 0.05) is 17.6 Å². The van der Waals surface area contributed by atoms with Crippen molar-refractivity contribution in [3.05, 3.63) is 46.8 Å². The molecule has 0 atom stereocenters. The summed E-state index contributed by atoms with van der Waals surface area (Å²) in [6, 6.07) is 7.91. The van der Waals surface area contributed by atoms with Crippen molar-refractivity contribution in [3.8, 4) is 6.08 Å². The summed E-state index contributed by atoms with van der Waals surface area (Å²) in [5, 5.41) is 3.95. The van der Waals surface area contributed by atoms with Crippen LogP contribution in [-0.4, -0.2) is 11.0 Å². The van der Waals surface area contributed by atoms with Crippen molar-refractivity contribution < 1.29 is 9.15 Å². The number of hydrogen-bond donors (Lipinski definition) is 1. The van der Waals surface area contributed by atoms with Gasteiger partial charge in [-0.1, -0.05) is 37.6 Å². The van der Waals surface area contributed by atoms with Crippen molar-refractivity contribution in [3.63, 3.8) is 0 Å². The minimum Gasteiger partial charge on any atom is -0.445 e. The van der Waals surface area contributed by atoms with Crippen LogP contribution in [0.25, 0.3) is 0 Å². The first-order valence-corrected chi connectivity index (χ1v) is 6.56. The Balaban J connectivity index is 1.86. The van der Waals surface area contributed by atoms with E-state index in [1.54, 1.807) is 6.26 Å². The lowest BCUT2D eigenvalue weighted by Gasteiger charge is -2.04. The normalized spacial score (nSPS) is 10.9. The molecule has 1 N–H and O–H groups in total. The number of aromatic nitrogens is 1. The Morgan fingerprint density at radius 2 is 2.26 bits per heavy atom. The summed E-state index contributed by atoms with van der Waals surface area (Å²) in [5.41, 5.74) is 1.81. The average molecular weight is 281 g/mol. The molecule has 0 saturated carbocycles. The van der Waals surface area contributed by atoms with Crippen LogP contribution in [0, 0.1) is 0 Å². The number of rotatable bonds is 6. The van der Waals surface area contributed by atoms with E-state index in [2.05, 4.69) is 24.1 Å². The second kappa shape index (κ2) is 6.59. The number of halogens is 1. The Morgan fingerprint density at radius 3 is 3.00 bits per heavy atom. The van der Waals surface area contributed by atoms with Crippen molar-refractivity contribution in [1.29, 1.82) is 0 Å². The molecule has 102 valence electrons. The van der Waals surface area contributed by atoms with Gasteiger partial charge in [0.2, 0.25) is 0 Å². The Kier molecular flexibility index (Phi) is 4.82. The minimum atomic E-state index is 0.278. The number of oxazole rings is 1. The maximum Gasteiger partial charge on any atom is 0.394 e. The standard InChI is InChI=1S/C14H17ClN2O2/c1-10(2)16-7-13-9-19-14(17-13)18-8-11-4-3-5-12(15)6-11/h3-6,9-10,16H,7-8H2,1-2H3. The first-order valence-electron chi connectivity index (χ1n) is 6.18. The third kappa shape index (κ3) is 4.58. The van der Waals surface area contributed by atoms with Crippen molar-refractivity contribution in [2.24, 2.45) is 0 Å². The van der Waals surface area contributed by atoms with Gasteiger partial charge in [-0.15, -0.1) is 0 Å². The molecule has 0 spiro atoms. The lowest BCUT2D eigenvalue weighted by molar-refractivity contribution is 0.220. The average Bonchev–Trinajstić information content (AvgIpc) is 2.82. The molecule has 2 aromatic rings. The van der Waals surface area contributed by atoms with Gasteiger partial charge >= 0.3 is 6.08 Å². The highest BCUT2D eigenvalue weighted by molar-refractivity contribution is 6.30. The van der Waals surface area contributed by atoms with Crippen molar-refractivity contribution in [2.45, 2.75) is 33.0 Å². The van der Waals surface area contributed by atoms with Crippen LogP contribution < -0.4 is 10.1 Å². The zero-order valence-electron chi connectivity index (χ0n) is 11.0. The van der Waals surface area contributed by atoms with Crippen LogP contribution in [0.5, 0.6) is 6.08 Å². The fourth-order valence-electron chi connectivity index (χ4n) is 1.52. The Morgan fingerprint density at radius 1 is 1.42 bits per heavy atom. The second-order valence-corrected chi connectivity index (χ2v) is 5.00. The number of nitrogens with zero attached hydrogens (tertiary/aromatic N) is 1. The van der Waals surface area contributed by atoms with Gasteiger partial charge in [0.1, 0.15) is 12.9 Å². The molecule has 0 unspecified atom stereocenters. The molecule has 1 heterocycles. The topological polar surface area (TPSA) is 47.3 Å². The van der Waals surface area contributed by atoms with E-state index in [4.69, 9.17) is 20.8 Å². The van der Waals surface area contributed by atoms with Crippen LogP contribution in [0.3, 0.4) is 0 Å². The number of nitrogens with one attached hydrogen (secondary N) is 1. The summed E-state index contributed by atoms with van der Waals surface area (Å²) in [5.74, 6) is 0. The zero-order valence-corrected chi connectivity index (χ0v) is 11.8. The molecule has 0 radical (unpaired) electrons. The molecule has 0 aliphatic rings. The first kappa shape index (κ1) is 13.9. The smallest absolute Gasteiger partial charge is 0.394 e. The fourth-order valence-corrected chi connectivity index (χ4v) is 1.73. The van der Waals surface area contributed by atoms with Crippen LogP contribution in [0.2, 0.25) is 5.02 Å².